The summed E-state index contributed by atoms with van der Waals surface area (Å²) in [6, 6.07) is 5.05. The number of terminal acetylenes is 1. The Morgan fingerprint density at radius 1 is 1.45 bits per heavy atom. The van der Waals surface area contributed by atoms with E-state index >= 15 is 0 Å². The van der Waals surface area contributed by atoms with Crippen molar-refractivity contribution in [3.63, 3.8) is 0 Å². The molecular formula is C14H15BrN2O3. The van der Waals surface area contributed by atoms with Crippen LogP contribution in [0.2, 0.25) is 0 Å². The van der Waals surface area contributed by atoms with Crippen LogP contribution < -0.4 is 10.6 Å². The van der Waals surface area contributed by atoms with Crippen LogP contribution in [0.15, 0.2) is 22.7 Å². The Bertz CT molecular complexity index is 538. The fraction of sp³-hybridized carbons (Fsp3) is 0.286. The number of carbonyl (C=O) groups is 2. The Hall–Kier alpha value is -1.84. The first-order valence-electron chi connectivity index (χ1n) is 5.91. The number of anilines is 1. The molecule has 0 unspecified atom stereocenters. The van der Waals surface area contributed by atoms with Gasteiger partial charge in [-0.1, -0.05) is 21.9 Å². The van der Waals surface area contributed by atoms with Crippen LogP contribution in [-0.4, -0.2) is 32.1 Å². The average molecular weight is 339 g/mol. The molecule has 0 aliphatic rings. The molecule has 1 rings (SSSR count). The van der Waals surface area contributed by atoms with Crippen LogP contribution in [0.25, 0.3) is 0 Å². The van der Waals surface area contributed by atoms with Crippen molar-refractivity contribution >= 4 is 33.4 Å². The third kappa shape index (κ3) is 5.03. The van der Waals surface area contributed by atoms with E-state index in [1.807, 2.05) is 0 Å². The predicted molar refractivity (Wildman–Crippen MR) is 80.4 cm³/mol. The number of hydrogen-bond donors (Lipinski definition) is 2. The molecule has 20 heavy (non-hydrogen) atoms. The molecule has 1 aromatic carbocycles. The lowest BCUT2D eigenvalue weighted by atomic mass is 10.1. The third-order valence-electron chi connectivity index (χ3n) is 2.39. The van der Waals surface area contributed by atoms with E-state index in [-0.39, 0.29) is 31.4 Å². The van der Waals surface area contributed by atoms with E-state index in [0.29, 0.717) is 11.3 Å². The number of halogens is 1. The molecule has 0 radical (unpaired) electrons. The smallest absolute Gasteiger partial charge is 0.253 e. The lowest BCUT2D eigenvalue weighted by Crippen LogP contribution is -2.22. The Balaban J connectivity index is 2.69. The zero-order valence-corrected chi connectivity index (χ0v) is 12.6. The quantitative estimate of drug-likeness (QED) is 0.613. The molecule has 0 fully saturated rings. The van der Waals surface area contributed by atoms with Crippen LogP contribution in [0.4, 0.5) is 5.69 Å². The maximum absolute atomic E-state index is 11.7. The highest BCUT2D eigenvalue weighted by atomic mass is 79.9. The molecule has 0 spiro atoms. The second-order valence-electron chi connectivity index (χ2n) is 3.82. The fourth-order valence-electron chi connectivity index (χ4n) is 1.46. The Labute approximate surface area is 126 Å². The fourth-order valence-corrected chi connectivity index (χ4v) is 1.82. The van der Waals surface area contributed by atoms with Gasteiger partial charge in [-0.05, 0) is 18.2 Å². The molecule has 0 aliphatic carbocycles. The van der Waals surface area contributed by atoms with E-state index in [0.717, 1.165) is 4.47 Å². The van der Waals surface area contributed by atoms with Gasteiger partial charge in [0.2, 0.25) is 5.91 Å². The van der Waals surface area contributed by atoms with Gasteiger partial charge in [-0.2, -0.15) is 0 Å². The van der Waals surface area contributed by atoms with Gasteiger partial charge < -0.3 is 15.4 Å². The van der Waals surface area contributed by atoms with E-state index in [2.05, 4.69) is 32.5 Å². The topological polar surface area (TPSA) is 67.4 Å². The van der Waals surface area contributed by atoms with Crippen molar-refractivity contribution < 1.29 is 14.3 Å². The van der Waals surface area contributed by atoms with Crippen molar-refractivity contribution in [2.75, 3.05) is 25.6 Å². The van der Waals surface area contributed by atoms with Crippen molar-refractivity contribution in [3.8, 4) is 12.3 Å². The summed E-state index contributed by atoms with van der Waals surface area (Å²) in [5, 5.41) is 5.20. The molecule has 2 N–H and O–H groups in total. The van der Waals surface area contributed by atoms with Gasteiger partial charge in [-0.3, -0.25) is 9.59 Å². The number of rotatable bonds is 6. The van der Waals surface area contributed by atoms with Crippen molar-refractivity contribution in [1.29, 1.82) is 0 Å². The predicted octanol–water partition coefficient (Wildman–Crippen LogP) is 1.79. The standard InChI is InChI=1S/C14H15BrN2O3/c1-3-7-20-8-6-13(18)17-12-5-4-10(15)9-11(12)14(19)16-2/h1,4-5,9H,6-8H2,2H3,(H,16,19)(H,17,18). The Morgan fingerprint density at radius 2 is 2.20 bits per heavy atom. The first-order chi connectivity index (χ1) is 9.58. The van der Waals surface area contributed by atoms with Gasteiger partial charge in [0.05, 0.1) is 24.3 Å². The summed E-state index contributed by atoms with van der Waals surface area (Å²) >= 11 is 3.29. The number of amides is 2. The number of hydrogen-bond acceptors (Lipinski definition) is 3. The minimum absolute atomic E-state index is 0.172. The van der Waals surface area contributed by atoms with Gasteiger partial charge in [0.25, 0.3) is 5.91 Å². The maximum atomic E-state index is 11.7. The van der Waals surface area contributed by atoms with Gasteiger partial charge >= 0.3 is 0 Å². The summed E-state index contributed by atoms with van der Waals surface area (Å²) in [5.41, 5.74) is 0.842. The van der Waals surface area contributed by atoms with Crippen molar-refractivity contribution in [1.82, 2.24) is 5.32 Å². The second-order valence-corrected chi connectivity index (χ2v) is 4.74. The molecule has 1 aromatic rings. The van der Waals surface area contributed by atoms with Gasteiger partial charge in [0, 0.05) is 11.5 Å². The average Bonchev–Trinajstić information content (AvgIpc) is 2.44. The molecule has 0 bridgehead atoms. The highest BCUT2D eigenvalue weighted by molar-refractivity contribution is 9.10. The zero-order valence-electron chi connectivity index (χ0n) is 11.0. The second kappa shape index (κ2) is 8.35. The highest BCUT2D eigenvalue weighted by Gasteiger charge is 2.12. The number of carbonyl (C=O) groups excluding carboxylic acids is 2. The summed E-state index contributed by atoms with van der Waals surface area (Å²) in [7, 11) is 1.53. The summed E-state index contributed by atoms with van der Waals surface area (Å²) in [5.74, 6) is 1.80. The first-order valence-corrected chi connectivity index (χ1v) is 6.70. The number of nitrogens with one attached hydrogen (secondary N) is 2. The van der Waals surface area contributed by atoms with Crippen molar-refractivity contribution in [2.24, 2.45) is 0 Å². The summed E-state index contributed by atoms with van der Waals surface area (Å²) in [6.07, 6.45) is 5.20. The lowest BCUT2D eigenvalue weighted by molar-refractivity contribution is -0.117. The van der Waals surface area contributed by atoms with E-state index in [4.69, 9.17) is 11.2 Å². The van der Waals surface area contributed by atoms with Crippen LogP contribution >= 0.6 is 15.9 Å². The van der Waals surface area contributed by atoms with E-state index in [1.165, 1.54) is 7.05 Å². The molecule has 0 atom stereocenters. The molecule has 0 aliphatic heterocycles. The SMILES string of the molecule is C#CCOCCC(=O)Nc1ccc(Br)cc1C(=O)NC. The molecule has 0 saturated heterocycles. The Morgan fingerprint density at radius 3 is 2.85 bits per heavy atom. The normalized spacial score (nSPS) is 9.65. The molecule has 0 aromatic heterocycles. The molecule has 0 heterocycles. The molecule has 5 nitrogen and oxygen atoms in total. The van der Waals surface area contributed by atoms with Crippen molar-refractivity contribution in [2.45, 2.75) is 6.42 Å². The monoisotopic (exact) mass is 338 g/mol. The largest absolute Gasteiger partial charge is 0.368 e. The van der Waals surface area contributed by atoms with Crippen LogP contribution in [-0.2, 0) is 9.53 Å². The molecular weight excluding hydrogens is 324 g/mol. The molecule has 6 heteroatoms. The first kappa shape index (κ1) is 16.2. The van der Waals surface area contributed by atoms with E-state index in [1.54, 1.807) is 18.2 Å². The van der Waals surface area contributed by atoms with E-state index < -0.39 is 0 Å². The third-order valence-corrected chi connectivity index (χ3v) is 2.88. The lowest BCUT2D eigenvalue weighted by Gasteiger charge is -2.10. The van der Waals surface area contributed by atoms with Crippen LogP contribution in [0, 0.1) is 12.3 Å². The van der Waals surface area contributed by atoms with Crippen LogP contribution in [0.1, 0.15) is 16.8 Å². The highest BCUT2D eigenvalue weighted by Crippen LogP contribution is 2.21. The maximum Gasteiger partial charge on any atom is 0.253 e. The zero-order chi connectivity index (χ0) is 15.0. The molecule has 0 saturated carbocycles. The van der Waals surface area contributed by atoms with Crippen LogP contribution in [0.3, 0.4) is 0 Å². The van der Waals surface area contributed by atoms with Gasteiger partial charge in [-0.15, -0.1) is 6.42 Å². The molecule has 106 valence electrons. The van der Waals surface area contributed by atoms with Gasteiger partial charge in [-0.25, -0.2) is 0 Å². The minimum Gasteiger partial charge on any atom is -0.368 e. The Kier molecular flexibility index (Phi) is 6.77. The van der Waals surface area contributed by atoms with Gasteiger partial charge in [0.15, 0.2) is 0 Å². The summed E-state index contributed by atoms with van der Waals surface area (Å²) in [6.45, 7) is 0.414. The van der Waals surface area contributed by atoms with E-state index in [9.17, 15) is 9.59 Å². The number of benzene rings is 1. The summed E-state index contributed by atoms with van der Waals surface area (Å²) in [4.78, 5) is 23.5. The van der Waals surface area contributed by atoms with Gasteiger partial charge in [0.1, 0.15) is 6.61 Å². The van der Waals surface area contributed by atoms with Crippen LogP contribution in [0.5, 0.6) is 0 Å². The van der Waals surface area contributed by atoms with Crippen molar-refractivity contribution in [3.05, 3.63) is 28.2 Å². The summed E-state index contributed by atoms with van der Waals surface area (Å²) < 4.78 is 5.78. The minimum atomic E-state index is -0.273. The molecule has 2 amide bonds. The number of ether oxygens (including phenoxy) is 1.